The van der Waals surface area contributed by atoms with Crippen LogP contribution in [0.1, 0.15) is 110 Å². The van der Waals surface area contributed by atoms with Gasteiger partial charge in [0.05, 0.1) is 6.61 Å². The molecular formula is C36H50N2O3. The number of carbonyl (C=O) groups excluding carboxylic acids is 1. The predicted octanol–water partition coefficient (Wildman–Crippen LogP) is 9.77. The van der Waals surface area contributed by atoms with Crippen LogP contribution < -0.4 is 4.74 Å². The quantitative estimate of drug-likeness (QED) is 0.102. The predicted molar refractivity (Wildman–Crippen MR) is 169 cm³/mol. The number of carbonyl (C=O) groups is 1. The number of nitrogens with zero attached hydrogens (tertiary/aromatic N) is 2. The van der Waals surface area contributed by atoms with E-state index in [1.54, 1.807) is 6.92 Å². The van der Waals surface area contributed by atoms with Crippen molar-refractivity contribution in [1.29, 1.82) is 0 Å². The Labute approximate surface area is 248 Å². The zero-order valence-corrected chi connectivity index (χ0v) is 25.6. The molecule has 0 radical (unpaired) electrons. The van der Waals surface area contributed by atoms with Crippen molar-refractivity contribution in [2.75, 3.05) is 6.61 Å². The van der Waals surface area contributed by atoms with Crippen molar-refractivity contribution < 1.29 is 14.3 Å². The van der Waals surface area contributed by atoms with Crippen LogP contribution in [0.5, 0.6) is 5.75 Å². The van der Waals surface area contributed by atoms with Gasteiger partial charge in [-0.1, -0.05) is 109 Å². The van der Waals surface area contributed by atoms with E-state index in [4.69, 9.17) is 9.47 Å². The topological polar surface area (TPSA) is 61.3 Å². The van der Waals surface area contributed by atoms with Crippen molar-refractivity contribution in [1.82, 2.24) is 9.97 Å². The van der Waals surface area contributed by atoms with Crippen molar-refractivity contribution >= 4 is 5.97 Å². The molecule has 0 aliphatic rings. The lowest BCUT2D eigenvalue weighted by Gasteiger charge is -2.14. The number of unbranched alkanes of at least 4 members (excludes halogenated alkanes) is 11. The Morgan fingerprint density at radius 1 is 0.659 bits per heavy atom. The number of aromatic nitrogens is 2. The van der Waals surface area contributed by atoms with Gasteiger partial charge < -0.3 is 9.47 Å². The maximum absolute atomic E-state index is 12.1. The standard InChI is InChI=1S/C36H50N2O3/c1-4-6-8-9-10-11-12-13-14-15-17-30-18-20-31(21-19-30)33-27-37-35(38-28-33)32-22-24-34(25-23-32)41-29(3)36(39)40-26-16-7-5-2/h18-25,27-29H,4-17,26H2,1-3H3. The maximum atomic E-state index is 12.1. The van der Waals surface area contributed by atoms with Crippen molar-refractivity contribution in [3.05, 3.63) is 66.5 Å². The first-order valence-corrected chi connectivity index (χ1v) is 16.0. The van der Waals surface area contributed by atoms with Crippen LogP contribution in [0.4, 0.5) is 0 Å². The van der Waals surface area contributed by atoms with Crippen LogP contribution in [0.25, 0.3) is 22.5 Å². The summed E-state index contributed by atoms with van der Waals surface area (Å²) in [6.07, 6.45) is 20.9. The van der Waals surface area contributed by atoms with Crippen LogP contribution in [0.3, 0.4) is 0 Å². The monoisotopic (exact) mass is 558 g/mol. The third kappa shape index (κ3) is 12.0. The molecule has 0 bridgehead atoms. The molecule has 3 rings (SSSR count). The van der Waals surface area contributed by atoms with E-state index in [9.17, 15) is 4.79 Å². The summed E-state index contributed by atoms with van der Waals surface area (Å²) in [4.78, 5) is 21.3. The Hall–Kier alpha value is -3.21. The molecule has 0 fully saturated rings. The van der Waals surface area contributed by atoms with Gasteiger partial charge in [-0.3, -0.25) is 0 Å². The van der Waals surface area contributed by atoms with Gasteiger partial charge in [0.15, 0.2) is 11.9 Å². The SMILES string of the molecule is CCCCCCCCCCCCc1ccc(-c2cnc(-c3ccc(OC(C)C(=O)OCCCCC)cc3)nc2)cc1. The van der Waals surface area contributed by atoms with Crippen molar-refractivity contribution in [3.63, 3.8) is 0 Å². The molecule has 0 saturated heterocycles. The number of benzene rings is 2. The second-order valence-corrected chi connectivity index (χ2v) is 11.1. The number of esters is 1. The highest BCUT2D eigenvalue weighted by molar-refractivity contribution is 5.74. The van der Waals surface area contributed by atoms with E-state index >= 15 is 0 Å². The fourth-order valence-corrected chi connectivity index (χ4v) is 4.88. The van der Waals surface area contributed by atoms with Crippen molar-refractivity contribution in [3.8, 4) is 28.3 Å². The molecule has 0 aliphatic heterocycles. The summed E-state index contributed by atoms with van der Waals surface area (Å²) in [5.74, 6) is 0.929. The molecule has 0 spiro atoms. The molecule has 0 amide bonds. The number of rotatable bonds is 20. The highest BCUT2D eigenvalue weighted by atomic mass is 16.6. The number of hydrogen-bond donors (Lipinski definition) is 0. The van der Waals surface area contributed by atoms with E-state index in [1.165, 1.54) is 69.8 Å². The molecule has 0 aliphatic carbocycles. The van der Waals surface area contributed by atoms with E-state index in [-0.39, 0.29) is 5.97 Å². The average molecular weight is 559 g/mol. The van der Waals surface area contributed by atoms with Crippen LogP contribution in [-0.4, -0.2) is 28.6 Å². The van der Waals surface area contributed by atoms with Crippen molar-refractivity contribution in [2.24, 2.45) is 0 Å². The first-order chi connectivity index (χ1) is 20.1. The van der Waals surface area contributed by atoms with Gasteiger partial charge >= 0.3 is 5.97 Å². The van der Waals surface area contributed by atoms with Crippen LogP contribution in [0.15, 0.2) is 60.9 Å². The minimum Gasteiger partial charge on any atom is -0.479 e. The summed E-state index contributed by atoms with van der Waals surface area (Å²) in [5.41, 5.74) is 4.42. The molecule has 41 heavy (non-hydrogen) atoms. The Morgan fingerprint density at radius 3 is 1.80 bits per heavy atom. The first kappa shape index (κ1) is 32.3. The fraction of sp³-hybridized carbons (Fsp3) is 0.528. The Morgan fingerprint density at radius 2 is 1.20 bits per heavy atom. The minimum atomic E-state index is -0.653. The summed E-state index contributed by atoms with van der Waals surface area (Å²) in [6.45, 7) is 6.55. The van der Waals surface area contributed by atoms with Crippen LogP contribution in [-0.2, 0) is 16.0 Å². The van der Waals surface area contributed by atoms with Crippen LogP contribution >= 0.6 is 0 Å². The van der Waals surface area contributed by atoms with Gasteiger partial charge in [-0.2, -0.15) is 0 Å². The Bertz CT molecular complexity index is 1110. The smallest absolute Gasteiger partial charge is 0.347 e. The lowest BCUT2D eigenvalue weighted by atomic mass is 10.0. The zero-order valence-electron chi connectivity index (χ0n) is 25.6. The third-order valence-electron chi connectivity index (χ3n) is 7.51. The molecule has 5 heteroatoms. The number of ether oxygens (including phenoxy) is 2. The number of hydrogen-bond acceptors (Lipinski definition) is 5. The molecule has 1 heterocycles. The van der Waals surface area contributed by atoms with Crippen LogP contribution in [0, 0.1) is 0 Å². The molecule has 1 atom stereocenters. The largest absolute Gasteiger partial charge is 0.479 e. The molecule has 2 aromatic carbocycles. The van der Waals surface area contributed by atoms with Gasteiger partial charge in [0, 0.05) is 23.5 Å². The molecule has 1 unspecified atom stereocenters. The third-order valence-corrected chi connectivity index (χ3v) is 7.51. The summed E-state index contributed by atoms with van der Waals surface area (Å²) in [5, 5.41) is 0. The molecule has 1 aromatic heterocycles. The van der Waals surface area contributed by atoms with Gasteiger partial charge in [-0.05, 0) is 61.6 Å². The normalized spacial score (nSPS) is 11.8. The zero-order chi connectivity index (χ0) is 29.1. The fourth-order valence-electron chi connectivity index (χ4n) is 4.88. The Kier molecular flexibility index (Phi) is 15.0. The van der Waals surface area contributed by atoms with Gasteiger partial charge in [-0.25, -0.2) is 14.8 Å². The molecule has 0 N–H and O–H groups in total. The number of aryl methyl sites for hydroxylation is 1. The summed E-state index contributed by atoms with van der Waals surface area (Å²) < 4.78 is 11.0. The molecule has 222 valence electrons. The highest BCUT2D eigenvalue weighted by Gasteiger charge is 2.16. The first-order valence-electron chi connectivity index (χ1n) is 16.0. The second kappa shape index (κ2) is 19.0. The van der Waals surface area contributed by atoms with Gasteiger partial charge in [-0.15, -0.1) is 0 Å². The molecular weight excluding hydrogens is 508 g/mol. The maximum Gasteiger partial charge on any atom is 0.347 e. The minimum absolute atomic E-state index is 0.337. The lowest BCUT2D eigenvalue weighted by Crippen LogP contribution is -2.26. The van der Waals surface area contributed by atoms with E-state index in [1.807, 2.05) is 36.7 Å². The Balaban J connectivity index is 1.40. The second-order valence-electron chi connectivity index (χ2n) is 11.1. The summed E-state index contributed by atoms with van der Waals surface area (Å²) in [7, 11) is 0. The van der Waals surface area contributed by atoms with Gasteiger partial charge in [0.2, 0.25) is 0 Å². The van der Waals surface area contributed by atoms with Gasteiger partial charge in [0.1, 0.15) is 5.75 Å². The average Bonchev–Trinajstić information content (AvgIpc) is 3.01. The van der Waals surface area contributed by atoms with E-state index in [2.05, 4.69) is 48.1 Å². The molecule has 3 aromatic rings. The van der Waals surface area contributed by atoms with E-state index in [0.29, 0.717) is 18.2 Å². The summed E-state index contributed by atoms with van der Waals surface area (Å²) >= 11 is 0. The molecule has 5 nitrogen and oxygen atoms in total. The summed E-state index contributed by atoms with van der Waals surface area (Å²) in [6, 6.07) is 16.3. The van der Waals surface area contributed by atoms with E-state index < -0.39 is 6.10 Å². The van der Waals surface area contributed by atoms with Crippen molar-refractivity contribution in [2.45, 2.75) is 117 Å². The van der Waals surface area contributed by atoms with Crippen LogP contribution in [0.2, 0.25) is 0 Å². The lowest BCUT2D eigenvalue weighted by molar-refractivity contribution is -0.151. The molecule has 0 saturated carbocycles. The highest BCUT2D eigenvalue weighted by Crippen LogP contribution is 2.24. The van der Waals surface area contributed by atoms with E-state index in [0.717, 1.165) is 42.4 Å². The van der Waals surface area contributed by atoms with Gasteiger partial charge in [0.25, 0.3) is 0 Å².